The fraction of sp³-hybridized carbons (Fsp3) is 0.722. The van der Waals surface area contributed by atoms with Crippen LogP contribution in [0.15, 0.2) is 10.4 Å². The fourth-order valence-electron chi connectivity index (χ4n) is 2.83. The number of thiazole rings is 1. The van der Waals surface area contributed by atoms with Crippen molar-refractivity contribution >= 4 is 23.2 Å². The number of methoxy groups -OCH3 is 1. The lowest BCUT2D eigenvalue weighted by molar-refractivity contribution is -0.122. The Bertz CT molecular complexity index is 598. The molecular formula is C18H32N6O2S. The Hall–Kier alpha value is -1.71. The maximum atomic E-state index is 11.9. The molecule has 0 aromatic carbocycles. The molecule has 0 radical (unpaired) electrons. The van der Waals surface area contributed by atoms with Gasteiger partial charge in [0, 0.05) is 51.8 Å². The van der Waals surface area contributed by atoms with Crippen molar-refractivity contribution in [2.24, 2.45) is 4.99 Å². The number of nitrogens with zero attached hydrogens (tertiary/aromatic N) is 4. The molecule has 1 amide bonds. The molecule has 1 aliphatic rings. The van der Waals surface area contributed by atoms with E-state index in [0.29, 0.717) is 26.2 Å². The normalized spacial score (nSPS) is 15.8. The first kappa shape index (κ1) is 21.6. The number of carbonyl (C=O) groups excluding carboxylic acids is 1. The number of nitrogens with one attached hydrogen (secondary N) is 2. The van der Waals surface area contributed by atoms with Gasteiger partial charge in [0.2, 0.25) is 5.91 Å². The van der Waals surface area contributed by atoms with E-state index in [2.05, 4.69) is 44.6 Å². The predicted octanol–water partition coefficient (Wildman–Crippen LogP) is 0.551. The lowest BCUT2D eigenvalue weighted by Crippen LogP contribution is -2.54. The van der Waals surface area contributed by atoms with E-state index in [9.17, 15) is 4.79 Å². The quantitative estimate of drug-likeness (QED) is 0.360. The number of ether oxygens (including phenoxy) is 1. The van der Waals surface area contributed by atoms with Crippen molar-refractivity contribution in [1.29, 1.82) is 0 Å². The monoisotopic (exact) mass is 396 g/mol. The van der Waals surface area contributed by atoms with Gasteiger partial charge in [-0.2, -0.15) is 0 Å². The van der Waals surface area contributed by atoms with E-state index < -0.39 is 0 Å². The highest BCUT2D eigenvalue weighted by molar-refractivity contribution is 7.09. The van der Waals surface area contributed by atoms with Crippen molar-refractivity contribution < 1.29 is 9.53 Å². The molecule has 0 atom stereocenters. The summed E-state index contributed by atoms with van der Waals surface area (Å²) >= 11 is 1.70. The fourth-order valence-corrected chi connectivity index (χ4v) is 3.57. The number of hydrogen-bond acceptors (Lipinski definition) is 6. The van der Waals surface area contributed by atoms with Crippen LogP contribution >= 0.6 is 11.3 Å². The van der Waals surface area contributed by atoms with Gasteiger partial charge in [-0.25, -0.2) is 9.98 Å². The molecule has 152 valence electrons. The maximum absolute atomic E-state index is 11.9. The molecule has 0 unspecified atom stereocenters. The van der Waals surface area contributed by atoms with E-state index >= 15 is 0 Å². The summed E-state index contributed by atoms with van der Waals surface area (Å²) in [6.07, 6.45) is 0.968. The number of piperazine rings is 1. The highest BCUT2D eigenvalue weighted by atomic mass is 32.1. The van der Waals surface area contributed by atoms with Crippen LogP contribution in [0.3, 0.4) is 0 Å². The van der Waals surface area contributed by atoms with Gasteiger partial charge in [0.25, 0.3) is 0 Å². The van der Waals surface area contributed by atoms with Crippen LogP contribution in [0.5, 0.6) is 0 Å². The Morgan fingerprint density at radius 1 is 1.30 bits per heavy atom. The smallest absolute Gasteiger partial charge is 0.234 e. The molecule has 27 heavy (non-hydrogen) atoms. The number of hydrogen-bond donors (Lipinski definition) is 2. The number of aromatic nitrogens is 1. The Kier molecular flexibility index (Phi) is 9.51. The van der Waals surface area contributed by atoms with Crippen LogP contribution in [-0.2, 0) is 22.5 Å². The third-order valence-electron chi connectivity index (χ3n) is 4.29. The van der Waals surface area contributed by atoms with E-state index in [0.717, 1.165) is 55.8 Å². The number of aliphatic imine (C=N–C) groups is 1. The lowest BCUT2D eigenvalue weighted by atomic mass is 10.3. The SMILES string of the molecule is CCNC(=NCc1csc(CC)n1)N1CCN(CC(=O)NCCOC)CC1. The third-order valence-corrected chi connectivity index (χ3v) is 5.34. The Balaban J connectivity index is 1.81. The van der Waals surface area contributed by atoms with Crippen LogP contribution in [0.4, 0.5) is 0 Å². The van der Waals surface area contributed by atoms with Gasteiger partial charge < -0.3 is 20.3 Å². The molecule has 1 aliphatic heterocycles. The van der Waals surface area contributed by atoms with Crippen molar-refractivity contribution in [3.05, 3.63) is 16.1 Å². The van der Waals surface area contributed by atoms with Crippen LogP contribution in [0.1, 0.15) is 24.5 Å². The number of aryl methyl sites for hydroxylation is 1. The molecule has 1 aromatic heterocycles. The molecule has 2 heterocycles. The van der Waals surface area contributed by atoms with Gasteiger partial charge in [-0.3, -0.25) is 9.69 Å². The van der Waals surface area contributed by atoms with E-state index in [4.69, 9.17) is 9.73 Å². The summed E-state index contributed by atoms with van der Waals surface area (Å²) in [5, 5.41) is 9.49. The molecule has 1 aromatic rings. The van der Waals surface area contributed by atoms with Gasteiger partial charge in [0.05, 0.1) is 30.4 Å². The van der Waals surface area contributed by atoms with Crippen molar-refractivity contribution in [2.75, 3.05) is 59.5 Å². The molecule has 1 saturated heterocycles. The molecule has 1 fully saturated rings. The molecule has 9 heteroatoms. The van der Waals surface area contributed by atoms with Gasteiger partial charge in [-0.05, 0) is 13.3 Å². The van der Waals surface area contributed by atoms with Crippen molar-refractivity contribution in [2.45, 2.75) is 26.8 Å². The Labute approximate surface area is 166 Å². The lowest BCUT2D eigenvalue weighted by Gasteiger charge is -2.36. The molecule has 0 spiro atoms. The minimum atomic E-state index is 0.0522. The van der Waals surface area contributed by atoms with Crippen molar-refractivity contribution in [3.63, 3.8) is 0 Å². The molecule has 2 rings (SSSR count). The van der Waals surface area contributed by atoms with Gasteiger partial charge in [0.1, 0.15) is 0 Å². The number of amides is 1. The Morgan fingerprint density at radius 3 is 2.70 bits per heavy atom. The van der Waals surface area contributed by atoms with Gasteiger partial charge in [-0.1, -0.05) is 6.92 Å². The number of carbonyl (C=O) groups is 1. The minimum absolute atomic E-state index is 0.0522. The van der Waals surface area contributed by atoms with Crippen molar-refractivity contribution in [1.82, 2.24) is 25.4 Å². The first-order valence-corrected chi connectivity index (χ1v) is 10.5. The van der Waals surface area contributed by atoms with Crippen LogP contribution in [0, 0.1) is 0 Å². The van der Waals surface area contributed by atoms with Gasteiger partial charge >= 0.3 is 0 Å². The summed E-state index contributed by atoms with van der Waals surface area (Å²) in [5.41, 5.74) is 1.03. The summed E-state index contributed by atoms with van der Waals surface area (Å²) < 4.78 is 4.95. The molecular weight excluding hydrogens is 364 g/mol. The summed E-state index contributed by atoms with van der Waals surface area (Å²) in [4.78, 5) is 25.7. The maximum Gasteiger partial charge on any atom is 0.234 e. The zero-order valence-electron chi connectivity index (χ0n) is 16.7. The van der Waals surface area contributed by atoms with Crippen LogP contribution < -0.4 is 10.6 Å². The number of rotatable bonds is 9. The van der Waals surface area contributed by atoms with Crippen molar-refractivity contribution in [3.8, 4) is 0 Å². The van der Waals surface area contributed by atoms with E-state index in [1.165, 1.54) is 0 Å². The van der Waals surface area contributed by atoms with Crippen LogP contribution in [-0.4, -0.2) is 86.2 Å². The molecule has 2 N–H and O–H groups in total. The average Bonchev–Trinajstić information content (AvgIpc) is 3.14. The van der Waals surface area contributed by atoms with Crippen LogP contribution in [0.2, 0.25) is 0 Å². The first-order valence-electron chi connectivity index (χ1n) is 9.60. The summed E-state index contributed by atoms with van der Waals surface area (Å²) in [6.45, 7) is 10.6. The van der Waals surface area contributed by atoms with Gasteiger partial charge in [0.15, 0.2) is 5.96 Å². The summed E-state index contributed by atoms with van der Waals surface area (Å²) in [6, 6.07) is 0. The average molecular weight is 397 g/mol. The Morgan fingerprint density at radius 2 is 2.07 bits per heavy atom. The predicted molar refractivity (Wildman–Crippen MR) is 109 cm³/mol. The zero-order valence-corrected chi connectivity index (χ0v) is 17.5. The standard InChI is InChI=1S/C18H32N6O2S/c1-4-17-22-15(14-27-17)12-21-18(19-5-2)24-9-7-23(8-10-24)13-16(25)20-6-11-26-3/h14H,4-13H2,1-3H3,(H,19,21)(H,20,25). The number of guanidine groups is 1. The first-order chi connectivity index (χ1) is 13.2. The summed E-state index contributed by atoms with van der Waals surface area (Å²) in [5.74, 6) is 0.976. The second kappa shape index (κ2) is 11.9. The highest BCUT2D eigenvalue weighted by Crippen LogP contribution is 2.11. The second-order valence-electron chi connectivity index (χ2n) is 6.36. The molecule has 8 nitrogen and oxygen atoms in total. The molecule has 0 saturated carbocycles. The largest absolute Gasteiger partial charge is 0.383 e. The van der Waals surface area contributed by atoms with Crippen LogP contribution in [0.25, 0.3) is 0 Å². The second-order valence-corrected chi connectivity index (χ2v) is 7.30. The highest BCUT2D eigenvalue weighted by Gasteiger charge is 2.21. The van der Waals surface area contributed by atoms with Gasteiger partial charge in [-0.15, -0.1) is 11.3 Å². The molecule has 0 bridgehead atoms. The summed E-state index contributed by atoms with van der Waals surface area (Å²) in [7, 11) is 1.63. The molecule has 0 aliphatic carbocycles. The third kappa shape index (κ3) is 7.43. The van der Waals surface area contributed by atoms with E-state index in [-0.39, 0.29) is 5.91 Å². The minimum Gasteiger partial charge on any atom is -0.383 e. The van der Waals surface area contributed by atoms with E-state index in [1.54, 1.807) is 18.4 Å². The zero-order chi connectivity index (χ0) is 19.5. The van der Waals surface area contributed by atoms with E-state index in [1.807, 2.05) is 0 Å². The topological polar surface area (TPSA) is 82.1 Å².